The first kappa shape index (κ1) is 14.1. The van der Waals surface area contributed by atoms with Crippen molar-refractivity contribution in [2.24, 2.45) is 5.73 Å². The summed E-state index contributed by atoms with van der Waals surface area (Å²) >= 11 is 1.79. The zero-order valence-electron chi connectivity index (χ0n) is 11.2. The summed E-state index contributed by atoms with van der Waals surface area (Å²) in [5.74, 6) is 0.904. The van der Waals surface area contributed by atoms with Crippen molar-refractivity contribution in [3.05, 3.63) is 52.2 Å². The highest BCUT2D eigenvalue weighted by Gasteiger charge is 2.01. The number of hydrogen-bond donors (Lipinski definition) is 1. The molecule has 0 aliphatic rings. The van der Waals surface area contributed by atoms with Gasteiger partial charge in [0, 0.05) is 24.5 Å². The van der Waals surface area contributed by atoms with E-state index in [9.17, 15) is 0 Å². The standard InChI is InChI=1S/C15H20N2OS/c1-17(12-15-3-2-10-19-15)8-9-18-14-6-4-13(11-16)5-7-14/h2-7,10H,8-9,11-12,16H2,1H3. The first-order chi connectivity index (χ1) is 9.28. The third kappa shape index (κ3) is 4.67. The minimum Gasteiger partial charge on any atom is -0.492 e. The summed E-state index contributed by atoms with van der Waals surface area (Å²) < 4.78 is 5.72. The van der Waals surface area contributed by atoms with Crippen molar-refractivity contribution < 1.29 is 4.74 Å². The third-order valence-corrected chi connectivity index (χ3v) is 3.77. The van der Waals surface area contributed by atoms with E-state index in [2.05, 4.69) is 29.5 Å². The van der Waals surface area contributed by atoms with Gasteiger partial charge in [0.1, 0.15) is 12.4 Å². The van der Waals surface area contributed by atoms with E-state index >= 15 is 0 Å². The van der Waals surface area contributed by atoms with E-state index in [1.54, 1.807) is 11.3 Å². The monoisotopic (exact) mass is 276 g/mol. The lowest BCUT2D eigenvalue weighted by atomic mass is 10.2. The van der Waals surface area contributed by atoms with E-state index in [0.717, 1.165) is 24.4 Å². The number of nitrogens with two attached hydrogens (primary N) is 1. The Labute approximate surface area is 118 Å². The fraction of sp³-hybridized carbons (Fsp3) is 0.333. The summed E-state index contributed by atoms with van der Waals surface area (Å²) in [5, 5.41) is 2.11. The topological polar surface area (TPSA) is 38.5 Å². The van der Waals surface area contributed by atoms with Gasteiger partial charge >= 0.3 is 0 Å². The maximum absolute atomic E-state index is 5.72. The zero-order chi connectivity index (χ0) is 13.5. The highest BCUT2D eigenvalue weighted by atomic mass is 32.1. The largest absolute Gasteiger partial charge is 0.492 e. The summed E-state index contributed by atoms with van der Waals surface area (Å²) in [4.78, 5) is 3.65. The molecule has 2 rings (SSSR count). The van der Waals surface area contributed by atoms with E-state index in [0.29, 0.717) is 13.2 Å². The Hall–Kier alpha value is -1.36. The third-order valence-electron chi connectivity index (χ3n) is 2.91. The van der Waals surface area contributed by atoms with Crippen LogP contribution in [0.15, 0.2) is 41.8 Å². The molecule has 2 N–H and O–H groups in total. The molecule has 0 bridgehead atoms. The van der Waals surface area contributed by atoms with E-state index in [1.165, 1.54) is 4.88 Å². The van der Waals surface area contributed by atoms with Gasteiger partial charge in [-0.15, -0.1) is 11.3 Å². The molecule has 0 saturated carbocycles. The zero-order valence-corrected chi connectivity index (χ0v) is 12.0. The van der Waals surface area contributed by atoms with Crippen LogP contribution in [-0.2, 0) is 13.1 Å². The van der Waals surface area contributed by atoms with E-state index in [4.69, 9.17) is 10.5 Å². The van der Waals surface area contributed by atoms with Crippen molar-refractivity contribution in [1.82, 2.24) is 4.90 Å². The number of hydrogen-bond acceptors (Lipinski definition) is 4. The highest BCUT2D eigenvalue weighted by molar-refractivity contribution is 7.09. The van der Waals surface area contributed by atoms with Gasteiger partial charge < -0.3 is 10.5 Å². The van der Waals surface area contributed by atoms with Crippen LogP contribution in [0.5, 0.6) is 5.75 Å². The smallest absolute Gasteiger partial charge is 0.119 e. The highest BCUT2D eigenvalue weighted by Crippen LogP contribution is 2.13. The average Bonchev–Trinajstić information content (AvgIpc) is 2.92. The molecule has 0 aliphatic heterocycles. The molecule has 3 nitrogen and oxygen atoms in total. The van der Waals surface area contributed by atoms with Gasteiger partial charge in [-0.1, -0.05) is 18.2 Å². The number of rotatable bonds is 7. The second kappa shape index (κ2) is 7.28. The van der Waals surface area contributed by atoms with Crippen LogP contribution in [0.1, 0.15) is 10.4 Å². The van der Waals surface area contributed by atoms with Crippen LogP contribution >= 0.6 is 11.3 Å². The number of likely N-dealkylation sites (N-methyl/N-ethyl adjacent to an activating group) is 1. The predicted octanol–water partition coefficient (Wildman–Crippen LogP) is 2.72. The van der Waals surface area contributed by atoms with Crippen LogP contribution < -0.4 is 10.5 Å². The van der Waals surface area contributed by atoms with Gasteiger partial charge in [0.25, 0.3) is 0 Å². The summed E-state index contributed by atoms with van der Waals surface area (Å²) in [6.45, 7) is 3.16. The molecule has 0 aliphatic carbocycles. The van der Waals surface area contributed by atoms with E-state index < -0.39 is 0 Å². The van der Waals surface area contributed by atoms with Crippen molar-refractivity contribution in [2.45, 2.75) is 13.1 Å². The molecule has 102 valence electrons. The molecule has 0 spiro atoms. The lowest BCUT2D eigenvalue weighted by Gasteiger charge is -2.16. The number of ether oxygens (including phenoxy) is 1. The van der Waals surface area contributed by atoms with Crippen LogP contribution in [0, 0.1) is 0 Å². The minimum absolute atomic E-state index is 0.573. The minimum atomic E-state index is 0.573. The van der Waals surface area contributed by atoms with Crippen LogP contribution in [-0.4, -0.2) is 25.1 Å². The second-order valence-electron chi connectivity index (χ2n) is 4.51. The maximum atomic E-state index is 5.72. The molecule has 0 unspecified atom stereocenters. The van der Waals surface area contributed by atoms with Gasteiger partial charge in [0.15, 0.2) is 0 Å². The summed E-state index contributed by atoms with van der Waals surface area (Å²) in [6.07, 6.45) is 0. The summed E-state index contributed by atoms with van der Waals surface area (Å²) in [6, 6.07) is 12.2. The van der Waals surface area contributed by atoms with Crippen molar-refractivity contribution >= 4 is 11.3 Å². The van der Waals surface area contributed by atoms with Crippen molar-refractivity contribution in [2.75, 3.05) is 20.2 Å². The number of benzene rings is 1. The molecule has 0 radical (unpaired) electrons. The Balaban J connectivity index is 1.70. The molecule has 1 aromatic heterocycles. The number of nitrogens with zero attached hydrogens (tertiary/aromatic N) is 1. The average molecular weight is 276 g/mol. The quantitative estimate of drug-likeness (QED) is 0.845. The van der Waals surface area contributed by atoms with Gasteiger partial charge in [-0.25, -0.2) is 0 Å². The van der Waals surface area contributed by atoms with Crippen molar-refractivity contribution in [3.8, 4) is 5.75 Å². The molecule has 19 heavy (non-hydrogen) atoms. The Kier molecular flexibility index (Phi) is 5.39. The lowest BCUT2D eigenvalue weighted by Crippen LogP contribution is -2.23. The molecular formula is C15H20N2OS. The normalized spacial score (nSPS) is 10.9. The molecule has 0 saturated heterocycles. The number of thiophene rings is 1. The lowest BCUT2D eigenvalue weighted by molar-refractivity contribution is 0.234. The van der Waals surface area contributed by atoms with Gasteiger partial charge in [-0.3, -0.25) is 4.90 Å². The molecule has 0 atom stereocenters. The first-order valence-corrected chi connectivity index (χ1v) is 7.28. The molecule has 1 aromatic carbocycles. The molecule has 1 heterocycles. The van der Waals surface area contributed by atoms with Crippen LogP contribution in [0.25, 0.3) is 0 Å². The van der Waals surface area contributed by atoms with Gasteiger partial charge in [0.05, 0.1) is 0 Å². The van der Waals surface area contributed by atoms with Crippen LogP contribution in [0.2, 0.25) is 0 Å². The maximum Gasteiger partial charge on any atom is 0.119 e. The van der Waals surface area contributed by atoms with E-state index in [1.807, 2.05) is 24.3 Å². The molecule has 0 fully saturated rings. The molecule has 0 amide bonds. The fourth-order valence-electron chi connectivity index (χ4n) is 1.79. The van der Waals surface area contributed by atoms with E-state index in [-0.39, 0.29) is 0 Å². The Morgan fingerprint density at radius 2 is 2.00 bits per heavy atom. The molecular weight excluding hydrogens is 256 g/mol. The van der Waals surface area contributed by atoms with Crippen LogP contribution in [0.3, 0.4) is 0 Å². The second-order valence-corrected chi connectivity index (χ2v) is 5.55. The van der Waals surface area contributed by atoms with Gasteiger partial charge in [0.2, 0.25) is 0 Å². The fourth-order valence-corrected chi connectivity index (χ4v) is 2.57. The SMILES string of the molecule is CN(CCOc1ccc(CN)cc1)Cc1cccs1. The Morgan fingerprint density at radius 3 is 2.63 bits per heavy atom. The summed E-state index contributed by atoms with van der Waals surface area (Å²) in [5.41, 5.74) is 6.68. The Bertz CT molecular complexity index is 467. The predicted molar refractivity (Wildman–Crippen MR) is 80.5 cm³/mol. The summed E-state index contributed by atoms with van der Waals surface area (Å²) in [7, 11) is 2.11. The van der Waals surface area contributed by atoms with Gasteiger partial charge in [-0.2, -0.15) is 0 Å². The van der Waals surface area contributed by atoms with Gasteiger partial charge in [-0.05, 0) is 36.2 Å². The molecule has 4 heteroatoms. The van der Waals surface area contributed by atoms with Crippen molar-refractivity contribution in [3.63, 3.8) is 0 Å². The molecule has 2 aromatic rings. The van der Waals surface area contributed by atoms with Crippen molar-refractivity contribution in [1.29, 1.82) is 0 Å². The van der Waals surface area contributed by atoms with Crippen LogP contribution in [0.4, 0.5) is 0 Å². The Morgan fingerprint density at radius 1 is 1.21 bits per heavy atom. The first-order valence-electron chi connectivity index (χ1n) is 6.40.